The number of aromatic hydroxyl groups is 1. The van der Waals surface area contributed by atoms with Crippen LogP contribution in [0.5, 0.6) is 5.75 Å². The normalized spacial score (nSPS) is 18.1. The Hall–Kier alpha value is -5.34. The van der Waals surface area contributed by atoms with Gasteiger partial charge in [0.15, 0.2) is 41.4 Å². The monoisotopic (exact) mass is 726 g/mol. The molecule has 2 aliphatic heterocycles. The number of aromatic nitrogens is 4. The lowest BCUT2D eigenvalue weighted by Crippen LogP contribution is -2.71. The number of amides is 2. The number of aryl methyl sites for hydroxylation is 1. The van der Waals surface area contributed by atoms with Gasteiger partial charge in [0.25, 0.3) is 11.8 Å². The molecule has 0 spiro atoms. The highest BCUT2D eigenvalue weighted by molar-refractivity contribution is 8.00. The number of carboxylic acid groups (broad SMARTS) is 1. The van der Waals surface area contributed by atoms with Crippen molar-refractivity contribution in [2.75, 3.05) is 11.5 Å². The molecule has 3 atom stereocenters. The summed E-state index contributed by atoms with van der Waals surface area (Å²) < 4.78 is 7.61. The quantitative estimate of drug-likeness (QED) is 0.0336. The number of thioether (sulfide) groups is 1. The summed E-state index contributed by atoms with van der Waals surface area (Å²) in [5.74, 6) is -3.42. The zero-order valence-corrected chi connectivity index (χ0v) is 27.8. The van der Waals surface area contributed by atoms with Crippen LogP contribution in [0.25, 0.3) is 11.4 Å². The summed E-state index contributed by atoms with van der Waals surface area (Å²) in [6.45, 7) is 2.38. The zero-order chi connectivity index (χ0) is 35.0. The minimum Gasteiger partial charge on any atom is -0.543 e. The molecule has 0 saturated carbocycles. The Morgan fingerprint density at radius 1 is 1.33 bits per heavy atom. The van der Waals surface area contributed by atoms with Crippen LogP contribution in [0.3, 0.4) is 0 Å². The predicted molar refractivity (Wildman–Crippen MR) is 174 cm³/mol. The van der Waals surface area contributed by atoms with Gasteiger partial charge in [-0.1, -0.05) is 10.3 Å². The smallest absolute Gasteiger partial charge is 0.276 e. The first kappa shape index (κ1) is 33.6. The second-order valence-electron chi connectivity index (χ2n) is 10.6. The van der Waals surface area contributed by atoms with Crippen LogP contribution in [0.2, 0.25) is 0 Å². The van der Waals surface area contributed by atoms with Crippen molar-refractivity contribution in [3.05, 3.63) is 86.7 Å². The summed E-state index contributed by atoms with van der Waals surface area (Å²) in [5.41, 5.74) is 5.57. The summed E-state index contributed by atoms with van der Waals surface area (Å²) in [5, 5.41) is 42.3. The number of oxime groups is 1. The third-order valence-electron chi connectivity index (χ3n) is 7.58. The van der Waals surface area contributed by atoms with Gasteiger partial charge in [-0.25, -0.2) is 9.55 Å². The molecule has 2 amide bonds. The molecule has 0 bridgehead atoms. The molecule has 6 heterocycles. The molecule has 4 aromatic rings. The van der Waals surface area contributed by atoms with Gasteiger partial charge in [-0.3, -0.25) is 19.3 Å². The van der Waals surface area contributed by atoms with E-state index >= 15 is 0 Å². The van der Waals surface area contributed by atoms with Gasteiger partial charge in [-0.15, -0.1) is 23.1 Å². The fraction of sp³-hybridized carbons (Fsp3) is 0.241. The van der Waals surface area contributed by atoms with Gasteiger partial charge in [-0.05, 0) is 18.1 Å². The van der Waals surface area contributed by atoms with Crippen LogP contribution < -0.4 is 26.2 Å². The largest absolute Gasteiger partial charge is 0.543 e. The second kappa shape index (κ2) is 13.6. The first-order valence-corrected chi connectivity index (χ1v) is 16.8. The highest BCUT2D eigenvalue weighted by Crippen LogP contribution is 2.45. The molecule has 17 nitrogen and oxygen atoms in total. The number of fused-ring (bicyclic) bond motifs is 1. The third kappa shape index (κ3) is 6.56. The fourth-order valence-electron chi connectivity index (χ4n) is 5.08. The molecular weight excluding hydrogens is 701 g/mol. The number of carboxylic acids is 1. The van der Waals surface area contributed by atoms with E-state index in [1.807, 2.05) is 36.0 Å². The molecule has 254 valence electrons. The topological polar surface area (TPSA) is 242 Å². The summed E-state index contributed by atoms with van der Waals surface area (Å²) >= 11 is 6.97. The highest BCUT2D eigenvalue weighted by atomic mass is 32.2. The van der Waals surface area contributed by atoms with Crippen molar-refractivity contribution in [3.8, 4) is 17.1 Å². The zero-order valence-electron chi connectivity index (χ0n) is 25.2. The summed E-state index contributed by atoms with van der Waals surface area (Å²) in [6, 6.07) is 4.84. The van der Waals surface area contributed by atoms with E-state index in [9.17, 15) is 34.6 Å². The number of thiazole rings is 1. The number of rotatable bonds is 11. The Kier molecular flexibility index (Phi) is 9.35. The lowest BCUT2D eigenvalue weighted by atomic mass is 9.98. The maximum absolute atomic E-state index is 13.5. The molecule has 2 aliphatic rings. The second-order valence-corrected chi connectivity index (χ2v) is 13.1. The van der Waals surface area contributed by atoms with E-state index in [1.165, 1.54) is 23.2 Å². The van der Waals surface area contributed by atoms with E-state index in [2.05, 4.69) is 33.2 Å². The van der Waals surface area contributed by atoms with Crippen LogP contribution >= 0.6 is 35.7 Å². The van der Waals surface area contributed by atoms with Crippen LogP contribution in [0.1, 0.15) is 29.2 Å². The number of nitrogens with one attached hydrogen (secondary N) is 1. The first-order valence-electron chi connectivity index (χ1n) is 14.4. The molecule has 6 rings (SSSR count). The standard InChI is InChI=1S/C29H26N8O9S3/c1-2-35-5-3-13(4-6-35)24(47)15-11-48-27-22(26(41)37(27)23(15)28(42)43)32-25(40)21(17-12-49-29(30)31-17)34-45-10-14-7-16(33-46-14)18-8-19(38)20(39)9-36(18)44/h3-9,12,22,24,27,44H,2,10-11H2,1H3,(H5-,30,31,32,39,40,42,43,47)/b34-21-/t22-,24-,27-/m1/s1. The Labute approximate surface area is 289 Å². The lowest BCUT2D eigenvalue weighted by Gasteiger charge is -2.51. The molecule has 49 heavy (non-hydrogen) atoms. The molecule has 1 fully saturated rings. The number of anilines is 1. The Bertz CT molecular complexity index is 2070. The molecule has 20 heteroatoms. The molecule has 0 aliphatic carbocycles. The number of nitrogens with two attached hydrogens (primary N) is 1. The van der Waals surface area contributed by atoms with Gasteiger partial charge >= 0.3 is 0 Å². The van der Waals surface area contributed by atoms with Crippen molar-refractivity contribution >= 4 is 64.4 Å². The maximum Gasteiger partial charge on any atom is 0.276 e. The summed E-state index contributed by atoms with van der Waals surface area (Å²) in [4.78, 5) is 61.5. The Morgan fingerprint density at radius 3 is 2.76 bits per heavy atom. The Morgan fingerprint density at radius 2 is 2.08 bits per heavy atom. The third-order valence-corrected chi connectivity index (χ3v) is 10.2. The van der Waals surface area contributed by atoms with Crippen molar-refractivity contribution in [3.63, 3.8) is 0 Å². The van der Waals surface area contributed by atoms with Gasteiger partial charge in [0.05, 0.1) is 23.1 Å². The van der Waals surface area contributed by atoms with E-state index in [1.54, 1.807) is 0 Å². The average Bonchev–Trinajstić information content (AvgIpc) is 3.74. The number of carbonyl (C=O) groups excluding carboxylic acids is 3. The molecule has 4 aromatic heterocycles. The van der Waals surface area contributed by atoms with Crippen LogP contribution in [0.4, 0.5) is 5.13 Å². The molecule has 1 saturated heterocycles. The van der Waals surface area contributed by atoms with Gasteiger partial charge in [0.1, 0.15) is 35.0 Å². The summed E-state index contributed by atoms with van der Waals surface area (Å²) in [7, 11) is 0. The van der Waals surface area contributed by atoms with Crippen molar-refractivity contribution in [2.24, 2.45) is 5.16 Å². The number of thiol groups is 1. The van der Waals surface area contributed by atoms with Crippen molar-refractivity contribution in [1.29, 1.82) is 0 Å². The minimum absolute atomic E-state index is 0.0382. The average molecular weight is 727 g/mol. The molecule has 5 N–H and O–H groups in total. The van der Waals surface area contributed by atoms with Crippen LogP contribution in [0.15, 0.2) is 74.0 Å². The Balaban J connectivity index is 1.18. The van der Waals surface area contributed by atoms with Crippen LogP contribution in [0, 0.1) is 0 Å². The van der Waals surface area contributed by atoms with Gasteiger partial charge < -0.3 is 40.6 Å². The van der Waals surface area contributed by atoms with Crippen molar-refractivity contribution in [1.82, 2.24) is 25.1 Å². The number of aliphatic carboxylic acids is 1. The van der Waals surface area contributed by atoms with Crippen LogP contribution in [-0.4, -0.2) is 70.7 Å². The van der Waals surface area contributed by atoms with Gasteiger partial charge in [-0.2, -0.15) is 17.4 Å². The molecule has 0 radical (unpaired) electrons. The van der Waals surface area contributed by atoms with Crippen molar-refractivity contribution < 1.29 is 43.7 Å². The van der Waals surface area contributed by atoms with E-state index < -0.39 is 45.6 Å². The number of pyridine rings is 2. The van der Waals surface area contributed by atoms with Gasteiger partial charge in [0.2, 0.25) is 5.43 Å². The maximum atomic E-state index is 13.5. The van der Waals surface area contributed by atoms with E-state index in [0.29, 0.717) is 10.3 Å². The van der Waals surface area contributed by atoms with Crippen LogP contribution in [-0.2, 0) is 32.4 Å². The predicted octanol–water partition coefficient (Wildman–Crippen LogP) is -0.212. The molecule has 0 unspecified atom stereocenters. The van der Waals surface area contributed by atoms with E-state index in [0.717, 1.165) is 40.6 Å². The number of hydrogen-bond donors (Lipinski definition) is 5. The fourth-order valence-corrected chi connectivity index (χ4v) is 7.53. The number of β-lactam (4-membered cyclic amide) rings is 1. The lowest BCUT2D eigenvalue weighted by molar-refractivity contribution is -0.693. The molecule has 0 aromatic carbocycles. The van der Waals surface area contributed by atoms with E-state index in [4.69, 9.17) is 15.1 Å². The number of carbonyl (C=O) groups is 3. The molecular formula is C29H26N8O9S3. The summed E-state index contributed by atoms with van der Waals surface area (Å²) in [6.07, 6.45) is 4.50. The minimum atomic E-state index is -1.53. The first-order chi connectivity index (χ1) is 23.5. The SMILES string of the molecule is CC[n+]1ccc([C@@H](S)C2=C(C(=O)[O-])N3C(=O)[C@@H](NC(=O)/C(=N\OCc4cc(-c5cc(=O)c(O)cn5O)no4)c4csc(N)n4)[C@H]3SC2)cc1. The van der Waals surface area contributed by atoms with E-state index in [-0.39, 0.29) is 51.7 Å². The van der Waals surface area contributed by atoms with Gasteiger partial charge in [0, 0.05) is 35.4 Å². The number of nitrogens with zero attached hydrogens (tertiary/aromatic N) is 6. The number of hydrogen-bond acceptors (Lipinski definition) is 16. The van der Waals surface area contributed by atoms with Crippen molar-refractivity contribution in [2.45, 2.75) is 36.7 Å². The number of nitrogen functional groups attached to an aromatic ring is 1. The highest BCUT2D eigenvalue weighted by Gasteiger charge is 2.53.